The molecule has 1 aromatic carbocycles. The van der Waals surface area contributed by atoms with Crippen molar-refractivity contribution in [3.63, 3.8) is 0 Å². The summed E-state index contributed by atoms with van der Waals surface area (Å²) in [6.07, 6.45) is 3.66. The first-order valence-corrected chi connectivity index (χ1v) is 12.9. The molecule has 0 spiro atoms. The number of rotatable bonds is 11. The highest BCUT2D eigenvalue weighted by atomic mass is 19.3. The Kier molecular flexibility index (Phi) is 9.62. The fraction of sp³-hybridized carbons (Fsp3) is 0.233. The Bertz CT molecular complexity index is 1520. The fourth-order valence-electron chi connectivity index (χ4n) is 3.97. The maximum Gasteiger partial charge on any atom is 0.257 e. The lowest BCUT2D eigenvalue weighted by Crippen LogP contribution is -2.14. The van der Waals surface area contributed by atoms with Crippen molar-refractivity contribution in [2.45, 2.75) is 33.1 Å². The van der Waals surface area contributed by atoms with Crippen molar-refractivity contribution in [3.05, 3.63) is 78.0 Å². The maximum atomic E-state index is 12.8. The molecule has 1 fully saturated rings. The van der Waals surface area contributed by atoms with Crippen LogP contribution in [0.25, 0.3) is 22.4 Å². The minimum atomic E-state index is -2.79. The molecule has 1 aliphatic rings. The third-order valence-corrected chi connectivity index (χ3v) is 6.15. The van der Waals surface area contributed by atoms with E-state index in [1.165, 1.54) is 0 Å². The zero-order chi connectivity index (χ0) is 29.4. The summed E-state index contributed by atoms with van der Waals surface area (Å²) < 4.78 is 43.3. The lowest BCUT2D eigenvalue weighted by molar-refractivity contribution is -0.117. The van der Waals surface area contributed by atoms with Gasteiger partial charge in [-0.2, -0.15) is 0 Å². The number of alkyl halides is 2. The molecule has 0 atom stereocenters. The van der Waals surface area contributed by atoms with Crippen LogP contribution in [0.3, 0.4) is 0 Å². The maximum absolute atomic E-state index is 12.8. The number of amides is 2. The molecule has 2 N–H and O–H groups in total. The van der Waals surface area contributed by atoms with Crippen molar-refractivity contribution >= 4 is 29.5 Å². The second kappa shape index (κ2) is 13.5. The number of benzene rings is 1. The van der Waals surface area contributed by atoms with Crippen molar-refractivity contribution in [2.75, 3.05) is 17.2 Å². The third kappa shape index (κ3) is 8.10. The van der Waals surface area contributed by atoms with Crippen LogP contribution in [0.5, 0.6) is 5.88 Å². The Balaban J connectivity index is 1.67. The third-order valence-electron chi connectivity index (χ3n) is 6.15. The van der Waals surface area contributed by atoms with Gasteiger partial charge < -0.3 is 15.4 Å². The van der Waals surface area contributed by atoms with Crippen LogP contribution in [0.15, 0.2) is 77.7 Å². The monoisotopic (exact) mass is 563 g/mol. The zero-order valence-electron chi connectivity index (χ0n) is 22.4. The number of halogens is 3. The fourth-order valence-corrected chi connectivity index (χ4v) is 3.97. The number of carbonyl (C=O) groups is 2. The van der Waals surface area contributed by atoms with E-state index in [1.807, 2.05) is 19.9 Å². The largest absolute Gasteiger partial charge is 0.478 e. The van der Waals surface area contributed by atoms with Crippen molar-refractivity contribution in [2.24, 2.45) is 11.1 Å². The Morgan fingerprint density at radius 2 is 1.93 bits per heavy atom. The Labute approximate surface area is 235 Å². The predicted octanol–water partition coefficient (Wildman–Crippen LogP) is 6.51. The standard InChI is InChI=1S/C30H28F3N5O3/c1-3-41-28-16-22(14-25(37-28)21-10-12-34-27(15-21)38-30(40)19-5-6-19)24-17-23(8-4-18(24)2)36-29(39)20(11-13-35-33)7-9-26(31)32/h4,7-17,19,26H,3,5-6H2,1-2H3,(H,36,39)(H,34,38,40)/b9-7+,20-11+,35-13-. The van der Waals surface area contributed by atoms with Gasteiger partial charge in [-0.1, -0.05) is 15.8 Å². The number of ether oxygens (including phenoxy) is 1. The molecule has 41 heavy (non-hydrogen) atoms. The second-order valence-electron chi connectivity index (χ2n) is 9.25. The molecule has 0 aliphatic heterocycles. The molecule has 2 amide bonds. The normalized spacial score (nSPS) is 13.7. The number of pyridine rings is 2. The highest BCUT2D eigenvalue weighted by molar-refractivity contribution is 6.08. The van der Waals surface area contributed by atoms with Crippen LogP contribution in [-0.4, -0.2) is 41.0 Å². The molecule has 11 heteroatoms. The number of aryl methyl sites for hydroxylation is 1. The quantitative estimate of drug-likeness (QED) is 0.157. The lowest BCUT2D eigenvalue weighted by Gasteiger charge is -2.14. The molecular formula is C30H28F3N5O3. The minimum Gasteiger partial charge on any atom is -0.478 e. The highest BCUT2D eigenvalue weighted by Crippen LogP contribution is 2.34. The lowest BCUT2D eigenvalue weighted by atomic mass is 9.98. The van der Waals surface area contributed by atoms with Gasteiger partial charge in [0.2, 0.25) is 11.8 Å². The molecule has 212 valence electrons. The van der Waals surface area contributed by atoms with E-state index < -0.39 is 12.3 Å². The number of anilines is 2. The molecule has 2 aromatic heterocycles. The van der Waals surface area contributed by atoms with Gasteiger partial charge in [0.25, 0.3) is 12.3 Å². The summed E-state index contributed by atoms with van der Waals surface area (Å²) in [5.41, 5.74) is 3.85. The average Bonchev–Trinajstić information content (AvgIpc) is 3.80. The van der Waals surface area contributed by atoms with Crippen LogP contribution in [0, 0.1) is 12.8 Å². The Hall–Kier alpha value is -4.80. The van der Waals surface area contributed by atoms with Crippen LogP contribution in [0.2, 0.25) is 0 Å². The molecule has 8 nitrogen and oxygen atoms in total. The molecule has 0 unspecified atom stereocenters. The van der Waals surface area contributed by atoms with E-state index in [4.69, 9.17) is 4.74 Å². The summed E-state index contributed by atoms with van der Waals surface area (Å²) in [5.74, 6) is 0.0566. The van der Waals surface area contributed by atoms with Crippen molar-refractivity contribution in [1.29, 1.82) is 0 Å². The van der Waals surface area contributed by atoms with Gasteiger partial charge in [0.1, 0.15) is 5.82 Å². The van der Waals surface area contributed by atoms with Gasteiger partial charge in [-0.3, -0.25) is 9.59 Å². The second-order valence-corrected chi connectivity index (χ2v) is 9.25. The molecule has 1 saturated carbocycles. The molecular weight excluding hydrogens is 535 g/mol. The summed E-state index contributed by atoms with van der Waals surface area (Å²) >= 11 is 0. The molecule has 0 saturated heterocycles. The Morgan fingerprint density at radius 3 is 2.63 bits per heavy atom. The van der Waals surface area contributed by atoms with Gasteiger partial charge in [0.15, 0.2) is 0 Å². The van der Waals surface area contributed by atoms with E-state index in [0.717, 1.165) is 41.7 Å². The predicted molar refractivity (Wildman–Crippen MR) is 152 cm³/mol. The van der Waals surface area contributed by atoms with Gasteiger partial charge in [-0.05, 0) is 91.9 Å². The van der Waals surface area contributed by atoms with E-state index in [2.05, 4.69) is 25.8 Å². The van der Waals surface area contributed by atoms with Crippen LogP contribution >= 0.6 is 0 Å². The van der Waals surface area contributed by atoms with Crippen LogP contribution in [-0.2, 0) is 9.59 Å². The first-order chi connectivity index (χ1) is 19.8. The van der Waals surface area contributed by atoms with Gasteiger partial charge >= 0.3 is 0 Å². The van der Waals surface area contributed by atoms with E-state index in [0.29, 0.717) is 47.5 Å². The van der Waals surface area contributed by atoms with E-state index in [1.54, 1.807) is 42.6 Å². The summed E-state index contributed by atoms with van der Waals surface area (Å²) in [6.45, 7) is 4.12. The topological polar surface area (TPSA) is 106 Å². The number of nitrogens with zero attached hydrogens (tertiary/aromatic N) is 3. The molecule has 0 radical (unpaired) electrons. The molecule has 3 aromatic rings. The zero-order valence-corrected chi connectivity index (χ0v) is 22.4. The number of aromatic nitrogens is 2. The van der Waals surface area contributed by atoms with Gasteiger partial charge in [-0.15, -0.1) is 0 Å². The molecule has 0 bridgehead atoms. The summed E-state index contributed by atoms with van der Waals surface area (Å²) in [5, 5.41) is 7.80. The number of allylic oxidation sites excluding steroid dienone is 2. The Morgan fingerprint density at radius 1 is 1.12 bits per heavy atom. The first-order valence-electron chi connectivity index (χ1n) is 12.9. The molecule has 1 aliphatic carbocycles. The van der Waals surface area contributed by atoms with E-state index >= 15 is 0 Å². The van der Waals surface area contributed by atoms with Crippen molar-refractivity contribution < 1.29 is 27.6 Å². The minimum absolute atomic E-state index is 0.0333. The number of hydrogen-bond acceptors (Lipinski definition) is 6. The highest BCUT2D eigenvalue weighted by Gasteiger charge is 2.29. The smallest absolute Gasteiger partial charge is 0.257 e. The van der Waals surface area contributed by atoms with Crippen LogP contribution in [0.4, 0.5) is 24.8 Å². The van der Waals surface area contributed by atoms with Crippen LogP contribution in [0.1, 0.15) is 25.3 Å². The van der Waals surface area contributed by atoms with E-state index in [-0.39, 0.29) is 17.4 Å². The molecule has 4 rings (SSSR count). The van der Waals surface area contributed by atoms with E-state index in [9.17, 15) is 22.9 Å². The number of nitrogens with one attached hydrogen (secondary N) is 2. The van der Waals surface area contributed by atoms with Crippen molar-refractivity contribution in [1.82, 2.24) is 9.97 Å². The van der Waals surface area contributed by atoms with Crippen molar-refractivity contribution in [3.8, 4) is 28.3 Å². The summed E-state index contributed by atoms with van der Waals surface area (Å²) in [6, 6.07) is 12.3. The van der Waals surface area contributed by atoms with Gasteiger partial charge in [0.05, 0.1) is 18.5 Å². The van der Waals surface area contributed by atoms with Crippen LogP contribution < -0.4 is 15.4 Å². The number of hydrogen-bond donors (Lipinski definition) is 2. The van der Waals surface area contributed by atoms with Gasteiger partial charge in [-0.25, -0.2) is 18.7 Å². The SMILES string of the molecule is CCOc1cc(-c2cc(NC(=O)C(/C=C/C(F)F)=C/C=N\F)ccc2C)cc(-c2ccnc(NC(=O)C3CC3)c2)n1. The number of carbonyl (C=O) groups excluding carboxylic acids is 2. The summed E-state index contributed by atoms with van der Waals surface area (Å²) in [7, 11) is 0. The van der Waals surface area contributed by atoms with Gasteiger partial charge in [0, 0.05) is 35.0 Å². The molecule has 2 heterocycles. The first kappa shape index (κ1) is 29.2. The average molecular weight is 564 g/mol. The summed E-state index contributed by atoms with van der Waals surface area (Å²) in [4.78, 5) is 33.9.